The predicted octanol–water partition coefficient (Wildman–Crippen LogP) is 5.92. The Hall–Kier alpha value is -1.23. The average Bonchev–Trinajstić information content (AvgIpc) is 2.65. The molecule has 0 spiro atoms. The summed E-state index contributed by atoms with van der Waals surface area (Å²) in [6.45, 7) is 2.18. The smallest absolute Gasteiger partial charge is 0.238 e. The maximum absolute atomic E-state index is 11.2. The average molecular weight is 383 g/mol. The minimum Gasteiger partial charge on any atom is -0.386 e. The van der Waals surface area contributed by atoms with Gasteiger partial charge in [0.2, 0.25) is 12.3 Å². The summed E-state index contributed by atoms with van der Waals surface area (Å²) >= 11 is 0. The van der Waals surface area contributed by atoms with Crippen LogP contribution in [0.4, 0.5) is 0 Å². The van der Waals surface area contributed by atoms with Crippen LogP contribution in [0.1, 0.15) is 110 Å². The molecule has 0 fully saturated rings. The van der Waals surface area contributed by atoms with E-state index in [2.05, 4.69) is 6.92 Å². The van der Waals surface area contributed by atoms with Gasteiger partial charge in [-0.05, 0) is 31.8 Å². The monoisotopic (exact) mass is 382 g/mol. The second-order valence-corrected chi connectivity index (χ2v) is 7.55. The van der Waals surface area contributed by atoms with Crippen LogP contribution in [0.3, 0.4) is 0 Å². The van der Waals surface area contributed by atoms with Gasteiger partial charge in [-0.3, -0.25) is 14.9 Å². The lowest BCUT2D eigenvalue weighted by Gasteiger charge is -2.16. The van der Waals surface area contributed by atoms with E-state index in [1.165, 1.54) is 25.3 Å². The van der Waals surface area contributed by atoms with Gasteiger partial charge in [-0.2, -0.15) is 0 Å². The molecular weight excluding hydrogens is 342 g/mol. The molecule has 2 atom stereocenters. The third-order valence-corrected chi connectivity index (χ3v) is 5.12. The fourth-order valence-electron chi connectivity index (χ4n) is 3.40. The number of unbranched alkanes of at least 4 members (excludes halogenated alkanes) is 12. The van der Waals surface area contributed by atoms with Crippen molar-refractivity contribution < 1.29 is 14.8 Å². The number of allylic oxidation sites excluding steroid dienone is 2. The Morgan fingerprint density at radius 2 is 1.41 bits per heavy atom. The lowest BCUT2D eigenvalue weighted by molar-refractivity contribution is -0.535. The molecule has 1 radical (unpaired) electrons. The molecule has 0 saturated heterocycles. The van der Waals surface area contributed by atoms with Crippen molar-refractivity contribution in [2.45, 2.75) is 122 Å². The molecule has 0 aliphatic rings. The molecule has 0 aliphatic carbocycles. The lowest BCUT2D eigenvalue weighted by atomic mass is 9.98. The topological polar surface area (TPSA) is 80.4 Å². The zero-order chi connectivity index (χ0) is 20.2. The maximum Gasteiger partial charge on any atom is 0.238 e. The fraction of sp³-hybridized carbons (Fsp3) is 0.864. The van der Waals surface area contributed by atoms with E-state index in [-0.39, 0.29) is 4.92 Å². The van der Waals surface area contributed by atoms with E-state index in [1.807, 2.05) is 6.08 Å². The molecule has 5 heteroatoms. The van der Waals surface area contributed by atoms with Crippen molar-refractivity contribution in [3.63, 3.8) is 0 Å². The third kappa shape index (κ3) is 16.7. The van der Waals surface area contributed by atoms with Gasteiger partial charge in [0.05, 0.1) is 0 Å². The van der Waals surface area contributed by atoms with E-state index in [0.29, 0.717) is 12.8 Å². The van der Waals surface area contributed by atoms with Crippen molar-refractivity contribution in [2.24, 2.45) is 0 Å². The first-order valence-electron chi connectivity index (χ1n) is 11.0. The van der Waals surface area contributed by atoms with Gasteiger partial charge in [-0.25, -0.2) is 0 Å². The van der Waals surface area contributed by atoms with Gasteiger partial charge in [0.25, 0.3) is 0 Å². The summed E-state index contributed by atoms with van der Waals surface area (Å²) in [5.74, 6) is 0. The normalized spacial score (nSPS) is 13.7. The minimum absolute atomic E-state index is 0.286. The quantitative estimate of drug-likeness (QED) is 0.123. The van der Waals surface area contributed by atoms with E-state index in [9.17, 15) is 20.0 Å². The molecule has 0 heterocycles. The van der Waals surface area contributed by atoms with E-state index < -0.39 is 12.1 Å². The fourth-order valence-corrected chi connectivity index (χ4v) is 3.40. The highest BCUT2D eigenvalue weighted by Gasteiger charge is 2.28. The summed E-state index contributed by atoms with van der Waals surface area (Å²) in [6.07, 6.45) is 20.4. The molecule has 0 bridgehead atoms. The summed E-state index contributed by atoms with van der Waals surface area (Å²) in [5.41, 5.74) is 0. The molecule has 0 aromatic heterocycles. The first kappa shape index (κ1) is 25.8. The highest BCUT2D eigenvalue weighted by molar-refractivity contribution is 5.65. The van der Waals surface area contributed by atoms with Crippen molar-refractivity contribution in [1.82, 2.24) is 0 Å². The SMILES string of the molecule is CCCCCCCCC(O)C(CCCCCCCCC/C=C/[C]=O)[N+](=O)[O-]. The number of nitro groups is 1. The molecular formula is C22H40NO4. The maximum atomic E-state index is 11.2. The van der Waals surface area contributed by atoms with Crippen molar-refractivity contribution in [1.29, 1.82) is 0 Å². The number of rotatable bonds is 20. The Bertz CT molecular complexity index is 385. The van der Waals surface area contributed by atoms with Crippen LogP contribution in [-0.4, -0.2) is 28.5 Å². The summed E-state index contributed by atoms with van der Waals surface area (Å²) in [7, 11) is 0. The summed E-state index contributed by atoms with van der Waals surface area (Å²) in [6, 6.07) is -0.804. The van der Waals surface area contributed by atoms with Gasteiger partial charge in [0, 0.05) is 11.3 Å². The molecule has 0 aromatic rings. The molecule has 0 aromatic carbocycles. The van der Waals surface area contributed by atoms with E-state index in [1.54, 1.807) is 6.29 Å². The van der Waals surface area contributed by atoms with E-state index >= 15 is 0 Å². The Balaban J connectivity index is 3.69. The van der Waals surface area contributed by atoms with E-state index in [4.69, 9.17) is 0 Å². The molecule has 0 amide bonds. The number of hydrogen-bond donors (Lipinski definition) is 1. The third-order valence-electron chi connectivity index (χ3n) is 5.12. The zero-order valence-corrected chi connectivity index (χ0v) is 17.2. The number of carbonyl (C=O) groups excluding carboxylic acids is 1. The van der Waals surface area contributed by atoms with Gasteiger partial charge >= 0.3 is 0 Å². The van der Waals surface area contributed by atoms with Crippen molar-refractivity contribution in [3.05, 3.63) is 22.3 Å². The number of aliphatic hydroxyl groups excluding tert-OH is 1. The Labute approximate surface area is 165 Å². The van der Waals surface area contributed by atoms with Crippen molar-refractivity contribution >= 4 is 6.29 Å². The summed E-state index contributed by atoms with van der Waals surface area (Å²) in [4.78, 5) is 21.0. The van der Waals surface area contributed by atoms with Crippen molar-refractivity contribution in [3.8, 4) is 0 Å². The van der Waals surface area contributed by atoms with Crippen molar-refractivity contribution in [2.75, 3.05) is 0 Å². The van der Waals surface area contributed by atoms with Crippen LogP contribution < -0.4 is 0 Å². The Morgan fingerprint density at radius 1 is 0.889 bits per heavy atom. The largest absolute Gasteiger partial charge is 0.386 e. The highest BCUT2D eigenvalue weighted by Crippen LogP contribution is 2.17. The molecule has 0 rings (SSSR count). The minimum atomic E-state index is -0.804. The number of hydrogen-bond acceptors (Lipinski definition) is 4. The van der Waals surface area contributed by atoms with Gasteiger partial charge < -0.3 is 5.11 Å². The van der Waals surface area contributed by atoms with E-state index in [0.717, 1.165) is 70.6 Å². The molecule has 157 valence electrons. The molecule has 0 aliphatic heterocycles. The van der Waals surface area contributed by atoms with Crippen LogP contribution in [0.15, 0.2) is 12.2 Å². The lowest BCUT2D eigenvalue weighted by Crippen LogP contribution is -2.33. The molecule has 1 N–H and O–H groups in total. The molecule has 27 heavy (non-hydrogen) atoms. The van der Waals surface area contributed by atoms with Crippen LogP contribution in [0, 0.1) is 10.1 Å². The summed E-state index contributed by atoms with van der Waals surface area (Å²) in [5, 5.41) is 21.4. The molecule has 5 nitrogen and oxygen atoms in total. The first-order valence-corrected chi connectivity index (χ1v) is 11.0. The first-order chi connectivity index (χ1) is 13.1. The van der Waals surface area contributed by atoms with Gasteiger partial charge in [-0.15, -0.1) is 0 Å². The number of nitrogens with zero attached hydrogens (tertiary/aromatic N) is 1. The van der Waals surface area contributed by atoms with Crippen LogP contribution in [0.25, 0.3) is 0 Å². The standard InChI is InChI=1S/C22H40NO4/c1-2-3-4-5-13-16-19-22(25)21(23(26)27)18-15-12-10-8-6-7-9-11-14-17-20-24/h14,17,21-22,25H,2-13,15-16,18-19H2,1H3/b17-14+. The van der Waals surface area contributed by atoms with Crippen LogP contribution in [-0.2, 0) is 4.79 Å². The Morgan fingerprint density at radius 3 is 1.96 bits per heavy atom. The zero-order valence-electron chi connectivity index (χ0n) is 17.2. The van der Waals surface area contributed by atoms with Crippen LogP contribution in [0.5, 0.6) is 0 Å². The van der Waals surface area contributed by atoms with Crippen LogP contribution >= 0.6 is 0 Å². The highest BCUT2D eigenvalue weighted by atomic mass is 16.6. The predicted molar refractivity (Wildman–Crippen MR) is 111 cm³/mol. The molecule has 0 saturated carbocycles. The number of aliphatic hydroxyl groups is 1. The second-order valence-electron chi connectivity index (χ2n) is 7.55. The Kier molecular flexibility index (Phi) is 18.6. The van der Waals surface area contributed by atoms with Gasteiger partial charge in [0.15, 0.2) is 0 Å². The summed E-state index contributed by atoms with van der Waals surface area (Å²) < 4.78 is 0. The van der Waals surface area contributed by atoms with Crippen LogP contribution in [0.2, 0.25) is 0 Å². The molecule has 2 unspecified atom stereocenters. The van der Waals surface area contributed by atoms with Gasteiger partial charge in [-0.1, -0.05) is 83.6 Å². The second kappa shape index (κ2) is 19.5. The van der Waals surface area contributed by atoms with Gasteiger partial charge in [0.1, 0.15) is 6.10 Å².